The van der Waals surface area contributed by atoms with E-state index in [0.29, 0.717) is 12.4 Å². The Morgan fingerprint density at radius 1 is 1.47 bits per heavy atom. The Morgan fingerprint density at radius 2 is 2.29 bits per heavy atom. The molecule has 1 aromatic heterocycles. The van der Waals surface area contributed by atoms with Crippen molar-refractivity contribution in [2.75, 3.05) is 0 Å². The first-order valence-electron chi connectivity index (χ1n) is 5.06. The molecule has 0 bridgehead atoms. The van der Waals surface area contributed by atoms with Crippen molar-refractivity contribution >= 4 is 15.9 Å². The van der Waals surface area contributed by atoms with E-state index in [1.807, 2.05) is 25.2 Å². The van der Waals surface area contributed by atoms with Crippen molar-refractivity contribution in [2.45, 2.75) is 13.2 Å². The molecule has 17 heavy (non-hydrogen) atoms. The molecule has 90 valence electrons. The number of ether oxygens (including phenoxy) is 1. The third-order valence-corrected chi connectivity index (χ3v) is 2.99. The second-order valence-electron chi connectivity index (χ2n) is 3.53. The van der Waals surface area contributed by atoms with Crippen molar-refractivity contribution in [3.05, 3.63) is 40.4 Å². The molecule has 1 heterocycles. The molecule has 0 saturated carbocycles. The summed E-state index contributed by atoms with van der Waals surface area (Å²) in [5.41, 5.74) is 0.738. The zero-order chi connectivity index (χ0) is 12.3. The largest absolute Gasteiger partial charge is 0.484 e. The van der Waals surface area contributed by atoms with Crippen LogP contribution in [-0.2, 0) is 20.3 Å². The third kappa shape index (κ3) is 2.65. The highest BCUT2D eigenvalue weighted by atomic mass is 79.9. The minimum atomic E-state index is -0.0619. The van der Waals surface area contributed by atoms with Crippen LogP contribution in [0.2, 0.25) is 0 Å². The van der Waals surface area contributed by atoms with Crippen LogP contribution in [0, 0.1) is 0 Å². The molecule has 0 radical (unpaired) electrons. The standard InChI is InChI=1S/C11H12BrN3O2/c1-15-7-13-14-10(15)6-17-11-8(5-16)3-2-4-9(11)12/h2-4,7,16H,5-6H2,1H3. The number of hydrogen-bond acceptors (Lipinski definition) is 4. The monoisotopic (exact) mass is 297 g/mol. The van der Waals surface area contributed by atoms with Crippen LogP contribution in [0.25, 0.3) is 0 Å². The minimum Gasteiger partial charge on any atom is -0.484 e. The predicted molar refractivity (Wildman–Crippen MR) is 65.4 cm³/mol. The average molecular weight is 298 g/mol. The summed E-state index contributed by atoms with van der Waals surface area (Å²) < 4.78 is 8.25. The first-order chi connectivity index (χ1) is 8.22. The van der Waals surface area contributed by atoms with Crippen LogP contribution in [0.15, 0.2) is 29.0 Å². The Labute approximate surface area is 107 Å². The van der Waals surface area contributed by atoms with Gasteiger partial charge in [-0.15, -0.1) is 10.2 Å². The van der Waals surface area contributed by atoms with E-state index in [4.69, 9.17) is 4.74 Å². The molecule has 0 aliphatic carbocycles. The lowest BCUT2D eigenvalue weighted by Crippen LogP contribution is -2.05. The van der Waals surface area contributed by atoms with Gasteiger partial charge in [-0.1, -0.05) is 12.1 Å². The summed E-state index contributed by atoms with van der Waals surface area (Å²) in [5.74, 6) is 1.36. The van der Waals surface area contributed by atoms with Gasteiger partial charge in [0.2, 0.25) is 0 Å². The molecule has 0 fully saturated rings. The van der Waals surface area contributed by atoms with Gasteiger partial charge >= 0.3 is 0 Å². The molecule has 0 atom stereocenters. The first kappa shape index (κ1) is 12.1. The number of nitrogens with zero attached hydrogens (tertiary/aromatic N) is 3. The van der Waals surface area contributed by atoms with Crippen LogP contribution in [0.3, 0.4) is 0 Å². The van der Waals surface area contributed by atoms with E-state index < -0.39 is 0 Å². The van der Waals surface area contributed by atoms with Gasteiger partial charge in [0.1, 0.15) is 18.7 Å². The molecule has 5 nitrogen and oxygen atoms in total. The highest BCUT2D eigenvalue weighted by Gasteiger charge is 2.09. The van der Waals surface area contributed by atoms with Gasteiger partial charge in [0.25, 0.3) is 0 Å². The lowest BCUT2D eigenvalue weighted by Gasteiger charge is -2.11. The van der Waals surface area contributed by atoms with Gasteiger partial charge in [-0.2, -0.15) is 0 Å². The van der Waals surface area contributed by atoms with Gasteiger partial charge in [-0.3, -0.25) is 0 Å². The highest BCUT2D eigenvalue weighted by molar-refractivity contribution is 9.10. The van der Waals surface area contributed by atoms with Gasteiger partial charge < -0.3 is 14.4 Å². The van der Waals surface area contributed by atoms with Crippen LogP contribution in [0.1, 0.15) is 11.4 Å². The molecule has 0 unspecified atom stereocenters. The maximum Gasteiger partial charge on any atom is 0.170 e. The normalized spacial score (nSPS) is 10.5. The number of para-hydroxylation sites is 1. The lowest BCUT2D eigenvalue weighted by molar-refractivity contribution is 0.253. The molecule has 0 spiro atoms. The number of hydrogen-bond donors (Lipinski definition) is 1. The van der Waals surface area contributed by atoms with Crippen molar-refractivity contribution in [2.24, 2.45) is 7.05 Å². The van der Waals surface area contributed by atoms with Crippen LogP contribution in [-0.4, -0.2) is 19.9 Å². The Hall–Kier alpha value is -1.40. The molecule has 0 aliphatic rings. The van der Waals surface area contributed by atoms with Crippen molar-refractivity contribution in [1.82, 2.24) is 14.8 Å². The van der Waals surface area contributed by atoms with E-state index in [9.17, 15) is 5.11 Å². The Kier molecular flexibility index (Phi) is 3.75. The second-order valence-corrected chi connectivity index (χ2v) is 4.39. The van der Waals surface area contributed by atoms with Crippen molar-refractivity contribution in [1.29, 1.82) is 0 Å². The number of aliphatic hydroxyl groups is 1. The summed E-state index contributed by atoms with van der Waals surface area (Å²) in [4.78, 5) is 0. The fourth-order valence-electron chi connectivity index (χ4n) is 1.41. The van der Waals surface area contributed by atoms with Gasteiger partial charge in [0.05, 0.1) is 11.1 Å². The lowest BCUT2D eigenvalue weighted by atomic mass is 10.2. The maximum atomic E-state index is 9.22. The summed E-state index contributed by atoms with van der Waals surface area (Å²) in [6, 6.07) is 5.53. The number of aryl methyl sites for hydroxylation is 1. The van der Waals surface area contributed by atoms with Crippen LogP contribution in [0.4, 0.5) is 0 Å². The zero-order valence-corrected chi connectivity index (χ0v) is 10.9. The van der Waals surface area contributed by atoms with Gasteiger partial charge in [0, 0.05) is 12.6 Å². The molecule has 0 amide bonds. The summed E-state index contributed by atoms with van der Waals surface area (Å²) in [7, 11) is 1.85. The number of benzene rings is 1. The summed E-state index contributed by atoms with van der Waals surface area (Å²) in [5, 5.41) is 16.9. The fourth-order valence-corrected chi connectivity index (χ4v) is 1.94. The Morgan fingerprint density at radius 3 is 2.94 bits per heavy atom. The van der Waals surface area contributed by atoms with Gasteiger partial charge in [0.15, 0.2) is 5.82 Å². The molecule has 6 heteroatoms. The van der Waals surface area contributed by atoms with Gasteiger partial charge in [-0.05, 0) is 22.0 Å². The third-order valence-electron chi connectivity index (χ3n) is 2.37. The van der Waals surface area contributed by atoms with E-state index in [-0.39, 0.29) is 6.61 Å². The number of halogens is 1. The van der Waals surface area contributed by atoms with Crippen LogP contribution in [0.5, 0.6) is 5.75 Å². The number of aromatic nitrogens is 3. The van der Waals surface area contributed by atoms with E-state index in [1.165, 1.54) is 0 Å². The molecule has 2 aromatic rings. The zero-order valence-electron chi connectivity index (χ0n) is 9.30. The SMILES string of the molecule is Cn1cnnc1COc1c(Br)cccc1CO. The smallest absolute Gasteiger partial charge is 0.170 e. The molecule has 1 N–H and O–H groups in total. The molecule has 1 aromatic carbocycles. The van der Waals surface area contributed by atoms with Gasteiger partial charge in [-0.25, -0.2) is 0 Å². The molecular formula is C11H12BrN3O2. The Balaban J connectivity index is 2.16. The molecule has 2 rings (SSSR count). The van der Waals surface area contributed by atoms with Crippen LogP contribution >= 0.6 is 15.9 Å². The van der Waals surface area contributed by atoms with E-state index >= 15 is 0 Å². The first-order valence-corrected chi connectivity index (χ1v) is 5.85. The number of aliphatic hydroxyl groups excluding tert-OH is 1. The molecular weight excluding hydrogens is 286 g/mol. The quantitative estimate of drug-likeness (QED) is 0.932. The number of rotatable bonds is 4. The topological polar surface area (TPSA) is 60.2 Å². The summed E-state index contributed by atoms with van der Waals surface area (Å²) in [6.45, 7) is 0.250. The molecule has 0 saturated heterocycles. The summed E-state index contributed by atoms with van der Waals surface area (Å²) >= 11 is 3.39. The van der Waals surface area contributed by atoms with Crippen molar-refractivity contribution < 1.29 is 9.84 Å². The Bertz CT molecular complexity index is 513. The predicted octanol–water partition coefficient (Wildman–Crippen LogP) is 1.65. The van der Waals surface area contributed by atoms with E-state index in [1.54, 1.807) is 10.9 Å². The average Bonchev–Trinajstić information content (AvgIpc) is 2.73. The summed E-state index contributed by atoms with van der Waals surface area (Å²) in [6.07, 6.45) is 1.62. The van der Waals surface area contributed by atoms with Crippen molar-refractivity contribution in [3.8, 4) is 5.75 Å². The van der Waals surface area contributed by atoms with E-state index in [2.05, 4.69) is 26.1 Å². The van der Waals surface area contributed by atoms with Crippen molar-refractivity contribution in [3.63, 3.8) is 0 Å². The second kappa shape index (κ2) is 5.29. The van der Waals surface area contributed by atoms with Crippen LogP contribution < -0.4 is 4.74 Å². The fraction of sp³-hybridized carbons (Fsp3) is 0.273. The molecule has 0 aliphatic heterocycles. The minimum absolute atomic E-state index is 0.0619. The maximum absolute atomic E-state index is 9.22. The highest BCUT2D eigenvalue weighted by Crippen LogP contribution is 2.29. The van der Waals surface area contributed by atoms with E-state index in [0.717, 1.165) is 15.9 Å².